The first kappa shape index (κ1) is 16.9. The summed E-state index contributed by atoms with van der Waals surface area (Å²) in [6, 6.07) is 7.53. The van der Waals surface area contributed by atoms with Gasteiger partial charge in [-0.1, -0.05) is 6.07 Å². The summed E-state index contributed by atoms with van der Waals surface area (Å²) in [6.07, 6.45) is 0. The second kappa shape index (κ2) is 7.70. The highest BCUT2D eigenvalue weighted by molar-refractivity contribution is 7.07. The van der Waals surface area contributed by atoms with E-state index in [1.807, 2.05) is 35.8 Å². The fourth-order valence-electron chi connectivity index (χ4n) is 2.13. The topological polar surface area (TPSA) is 87.5 Å². The SMILES string of the molecule is CN(C)C(CNC(=O)Nc1cccc([N+](=O)[O-])c1)c1ccsc1. The first-order chi connectivity index (χ1) is 11.0. The molecule has 1 aromatic heterocycles. The molecular weight excluding hydrogens is 316 g/mol. The quantitative estimate of drug-likeness (QED) is 0.628. The third-order valence-electron chi connectivity index (χ3n) is 3.32. The highest BCUT2D eigenvalue weighted by Crippen LogP contribution is 2.20. The molecule has 0 fully saturated rings. The first-order valence-electron chi connectivity index (χ1n) is 6.95. The minimum atomic E-state index is -0.498. The van der Waals surface area contributed by atoms with Gasteiger partial charge in [0, 0.05) is 24.4 Å². The van der Waals surface area contributed by atoms with Gasteiger partial charge in [-0.2, -0.15) is 11.3 Å². The molecule has 0 saturated heterocycles. The number of carbonyl (C=O) groups is 1. The number of nitro groups is 1. The van der Waals surface area contributed by atoms with Crippen LogP contribution in [-0.4, -0.2) is 36.5 Å². The molecule has 0 spiro atoms. The minimum absolute atomic E-state index is 0.0627. The van der Waals surface area contributed by atoms with E-state index in [1.165, 1.54) is 18.2 Å². The van der Waals surface area contributed by atoms with Crippen LogP contribution in [0.1, 0.15) is 11.6 Å². The van der Waals surface area contributed by atoms with Gasteiger partial charge in [-0.3, -0.25) is 10.1 Å². The average molecular weight is 334 g/mol. The molecule has 7 nitrogen and oxygen atoms in total. The number of likely N-dealkylation sites (N-methyl/N-ethyl adjacent to an activating group) is 1. The number of thiophene rings is 1. The zero-order valence-corrected chi connectivity index (χ0v) is 13.7. The molecule has 0 aliphatic heterocycles. The molecule has 2 aromatic rings. The van der Waals surface area contributed by atoms with Gasteiger partial charge in [0.25, 0.3) is 5.69 Å². The summed E-state index contributed by atoms with van der Waals surface area (Å²) in [7, 11) is 3.89. The Bertz CT molecular complexity index is 673. The second-order valence-corrected chi connectivity index (χ2v) is 5.96. The Balaban J connectivity index is 1.94. The summed E-state index contributed by atoms with van der Waals surface area (Å²) in [4.78, 5) is 24.2. The van der Waals surface area contributed by atoms with E-state index in [1.54, 1.807) is 17.4 Å². The lowest BCUT2D eigenvalue weighted by molar-refractivity contribution is -0.384. The van der Waals surface area contributed by atoms with E-state index in [9.17, 15) is 14.9 Å². The van der Waals surface area contributed by atoms with Crippen LogP contribution in [0.25, 0.3) is 0 Å². The van der Waals surface area contributed by atoms with Crippen molar-refractivity contribution < 1.29 is 9.72 Å². The number of carbonyl (C=O) groups excluding carboxylic acids is 1. The molecule has 0 aliphatic carbocycles. The van der Waals surface area contributed by atoms with Gasteiger partial charge in [-0.25, -0.2) is 4.79 Å². The standard InChI is InChI=1S/C15H18N4O3S/c1-18(2)14(11-6-7-23-10-11)9-16-15(20)17-12-4-3-5-13(8-12)19(21)22/h3-8,10,14H,9H2,1-2H3,(H2,16,17,20). The summed E-state index contributed by atoms with van der Waals surface area (Å²) in [5, 5.41) is 20.2. The molecule has 122 valence electrons. The number of nitrogens with zero attached hydrogens (tertiary/aromatic N) is 2. The number of amides is 2. The van der Waals surface area contributed by atoms with Crippen LogP contribution in [0.3, 0.4) is 0 Å². The molecule has 1 atom stereocenters. The van der Waals surface area contributed by atoms with Crippen molar-refractivity contribution in [1.29, 1.82) is 0 Å². The van der Waals surface area contributed by atoms with E-state index in [2.05, 4.69) is 10.6 Å². The molecular formula is C15H18N4O3S. The molecule has 0 saturated carbocycles. The van der Waals surface area contributed by atoms with Gasteiger partial charge in [0.15, 0.2) is 0 Å². The maximum absolute atomic E-state index is 12.0. The summed E-state index contributed by atoms with van der Waals surface area (Å²) in [5.74, 6) is 0. The van der Waals surface area contributed by atoms with Gasteiger partial charge in [-0.15, -0.1) is 0 Å². The van der Waals surface area contributed by atoms with E-state index in [0.717, 1.165) is 5.56 Å². The van der Waals surface area contributed by atoms with E-state index < -0.39 is 11.0 Å². The molecule has 2 N–H and O–H groups in total. The Labute approximate surface area is 138 Å². The lowest BCUT2D eigenvalue weighted by Gasteiger charge is -2.24. The highest BCUT2D eigenvalue weighted by Gasteiger charge is 2.16. The molecule has 0 aliphatic rings. The maximum atomic E-state index is 12.0. The third-order valence-corrected chi connectivity index (χ3v) is 4.02. The fourth-order valence-corrected chi connectivity index (χ4v) is 2.83. The van der Waals surface area contributed by atoms with Crippen LogP contribution in [0.4, 0.5) is 16.2 Å². The summed E-state index contributed by atoms with van der Waals surface area (Å²) in [5.41, 5.74) is 1.46. The molecule has 1 unspecified atom stereocenters. The van der Waals surface area contributed by atoms with Crippen LogP contribution in [-0.2, 0) is 0 Å². The van der Waals surface area contributed by atoms with Gasteiger partial charge in [0.05, 0.1) is 11.0 Å². The highest BCUT2D eigenvalue weighted by atomic mass is 32.1. The normalized spacial score (nSPS) is 12.0. The first-order valence-corrected chi connectivity index (χ1v) is 7.89. The Kier molecular flexibility index (Phi) is 5.67. The van der Waals surface area contributed by atoms with Crippen LogP contribution in [0.2, 0.25) is 0 Å². The molecule has 1 heterocycles. The Morgan fingerprint density at radius 1 is 1.39 bits per heavy atom. The average Bonchev–Trinajstić information content (AvgIpc) is 3.01. The second-order valence-electron chi connectivity index (χ2n) is 5.18. The summed E-state index contributed by atoms with van der Waals surface area (Å²) >= 11 is 1.61. The van der Waals surface area contributed by atoms with E-state index in [-0.39, 0.29) is 11.7 Å². The van der Waals surface area contributed by atoms with Crippen LogP contribution in [0, 0.1) is 10.1 Å². The molecule has 2 rings (SSSR count). The number of hydrogen-bond donors (Lipinski definition) is 2. The molecule has 0 bridgehead atoms. The minimum Gasteiger partial charge on any atom is -0.336 e. The number of anilines is 1. The van der Waals surface area contributed by atoms with Gasteiger partial charge < -0.3 is 15.5 Å². The molecule has 8 heteroatoms. The molecule has 2 amide bonds. The lowest BCUT2D eigenvalue weighted by atomic mass is 10.1. The number of urea groups is 1. The van der Waals surface area contributed by atoms with E-state index >= 15 is 0 Å². The largest absolute Gasteiger partial charge is 0.336 e. The number of nitro benzene ring substituents is 1. The molecule has 23 heavy (non-hydrogen) atoms. The van der Waals surface area contributed by atoms with Gasteiger partial charge in [0.1, 0.15) is 0 Å². The zero-order valence-electron chi connectivity index (χ0n) is 12.9. The van der Waals surface area contributed by atoms with Crippen molar-refractivity contribution in [3.8, 4) is 0 Å². The van der Waals surface area contributed by atoms with Crippen molar-refractivity contribution in [1.82, 2.24) is 10.2 Å². The smallest absolute Gasteiger partial charge is 0.319 e. The van der Waals surface area contributed by atoms with Gasteiger partial charge in [-0.05, 0) is 42.6 Å². The Hall–Kier alpha value is -2.45. The predicted molar refractivity (Wildman–Crippen MR) is 90.9 cm³/mol. The number of non-ortho nitro benzene ring substituents is 1. The third kappa shape index (κ3) is 4.76. The van der Waals surface area contributed by atoms with E-state index in [0.29, 0.717) is 12.2 Å². The van der Waals surface area contributed by atoms with Gasteiger partial charge in [0.2, 0.25) is 0 Å². The van der Waals surface area contributed by atoms with Crippen molar-refractivity contribution in [3.63, 3.8) is 0 Å². The number of rotatable bonds is 6. The van der Waals surface area contributed by atoms with Crippen molar-refractivity contribution in [2.24, 2.45) is 0 Å². The molecule has 1 aromatic carbocycles. The van der Waals surface area contributed by atoms with Crippen LogP contribution in [0.5, 0.6) is 0 Å². The van der Waals surface area contributed by atoms with Crippen molar-refractivity contribution in [3.05, 3.63) is 56.8 Å². The monoisotopic (exact) mass is 334 g/mol. The fraction of sp³-hybridized carbons (Fsp3) is 0.267. The van der Waals surface area contributed by atoms with Crippen molar-refractivity contribution in [2.45, 2.75) is 6.04 Å². The van der Waals surface area contributed by atoms with Crippen molar-refractivity contribution in [2.75, 3.05) is 26.0 Å². The van der Waals surface area contributed by atoms with Crippen LogP contribution in [0.15, 0.2) is 41.1 Å². The summed E-state index contributed by atoms with van der Waals surface area (Å²) in [6.45, 7) is 0.435. The lowest BCUT2D eigenvalue weighted by Crippen LogP contribution is -2.36. The number of nitrogens with one attached hydrogen (secondary N) is 2. The zero-order chi connectivity index (χ0) is 16.8. The van der Waals surface area contributed by atoms with E-state index in [4.69, 9.17) is 0 Å². The van der Waals surface area contributed by atoms with Gasteiger partial charge >= 0.3 is 6.03 Å². The Morgan fingerprint density at radius 3 is 2.78 bits per heavy atom. The van der Waals surface area contributed by atoms with Crippen LogP contribution >= 0.6 is 11.3 Å². The maximum Gasteiger partial charge on any atom is 0.319 e. The number of benzene rings is 1. The Morgan fingerprint density at radius 2 is 2.17 bits per heavy atom. The van der Waals surface area contributed by atoms with Crippen molar-refractivity contribution >= 4 is 28.7 Å². The summed E-state index contributed by atoms with van der Waals surface area (Å²) < 4.78 is 0. The predicted octanol–water partition coefficient (Wildman–Crippen LogP) is 3.08. The molecule has 0 radical (unpaired) electrons. The van der Waals surface area contributed by atoms with Crippen LogP contribution < -0.4 is 10.6 Å². The number of hydrogen-bond acceptors (Lipinski definition) is 5.